The van der Waals surface area contributed by atoms with E-state index in [-0.39, 0.29) is 6.04 Å². The van der Waals surface area contributed by atoms with Crippen LogP contribution in [-0.2, 0) is 20.0 Å². The quantitative estimate of drug-likeness (QED) is 0.172. The van der Waals surface area contributed by atoms with Crippen molar-refractivity contribution in [3.8, 4) is 5.75 Å². The predicted molar refractivity (Wildman–Crippen MR) is 195 cm³/mol. The summed E-state index contributed by atoms with van der Waals surface area (Å²) in [7, 11) is 3.97. The van der Waals surface area contributed by atoms with Gasteiger partial charge in [0.2, 0.25) is 0 Å². The molecule has 1 fully saturated rings. The summed E-state index contributed by atoms with van der Waals surface area (Å²) in [6, 6.07) is 45.1. The van der Waals surface area contributed by atoms with E-state index in [0.29, 0.717) is 5.92 Å². The van der Waals surface area contributed by atoms with Crippen molar-refractivity contribution in [3.05, 3.63) is 144 Å². The Bertz CT molecular complexity index is 1990. The number of benzene rings is 5. The van der Waals surface area contributed by atoms with Crippen LogP contribution in [-0.4, -0.2) is 60.7 Å². The summed E-state index contributed by atoms with van der Waals surface area (Å²) in [6.45, 7) is 7.11. The van der Waals surface area contributed by atoms with Crippen LogP contribution in [0.5, 0.6) is 5.75 Å². The molecule has 1 saturated heterocycles. The van der Waals surface area contributed by atoms with Gasteiger partial charge in [-0.15, -0.1) is 0 Å². The number of hydrogen-bond acceptors (Lipinski definition) is 4. The zero-order valence-corrected chi connectivity index (χ0v) is 27.6. The minimum Gasteiger partial charge on any atom is -0.495 e. The number of methoxy groups -OCH3 is 1. The number of rotatable bonds is 8. The van der Waals surface area contributed by atoms with Crippen LogP contribution in [0, 0.1) is 0 Å². The van der Waals surface area contributed by atoms with Crippen molar-refractivity contribution < 1.29 is 4.74 Å². The van der Waals surface area contributed by atoms with E-state index in [1.165, 1.54) is 49.7 Å². The Hall–Kier alpha value is -4.58. The molecular formula is C42H44N4O. The first-order chi connectivity index (χ1) is 23.2. The summed E-state index contributed by atoms with van der Waals surface area (Å²) >= 11 is 0. The van der Waals surface area contributed by atoms with Crippen molar-refractivity contribution in [2.24, 2.45) is 7.05 Å². The van der Waals surface area contributed by atoms with Gasteiger partial charge in [0.1, 0.15) is 5.75 Å². The fraction of sp³-hybridized carbons (Fsp3) is 0.286. The van der Waals surface area contributed by atoms with Crippen LogP contribution in [0.15, 0.2) is 121 Å². The average Bonchev–Trinajstić information content (AvgIpc) is 3.42. The molecule has 0 N–H and O–H groups in total. The number of hydrogen-bond donors (Lipinski definition) is 0. The summed E-state index contributed by atoms with van der Waals surface area (Å²) in [5, 5.41) is 2.69. The lowest BCUT2D eigenvalue weighted by Crippen LogP contribution is -2.50. The van der Waals surface area contributed by atoms with Gasteiger partial charge in [-0.05, 0) is 59.0 Å². The molecule has 5 nitrogen and oxygen atoms in total. The van der Waals surface area contributed by atoms with Crippen LogP contribution >= 0.6 is 0 Å². The molecule has 0 saturated carbocycles. The number of nitrogens with zero attached hydrogens (tertiary/aromatic N) is 4. The smallest absolute Gasteiger partial charge is 0.142 e. The van der Waals surface area contributed by atoms with E-state index in [9.17, 15) is 0 Å². The van der Waals surface area contributed by atoms with Crippen LogP contribution in [0.1, 0.15) is 34.2 Å². The lowest BCUT2D eigenvalue weighted by atomic mass is 9.79. The van der Waals surface area contributed by atoms with Crippen LogP contribution < -0.4 is 9.64 Å². The molecule has 5 aromatic carbocycles. The molecule has 0 radical (unpaired) electrons. The number of fused-ring (bicyclic) bond motifs is 4. The van der Waals surface area contributed by atoms with Crippen molar-refractivity contribution in [1.29, 1.82) is 0 Å². The molecule has 0 spiro atoms. The van der Waals surface area contributed by atoms with Gasteiger partial charge in [-0.3, -0.25) is 9.80 Å². The van der Waals surface area contributed by atoms with Crippen LogP contribution in [0.2, 0.25) is 0 Å². The summed E-state index contributed by atoms with van der Waals surface area (Å²) in [5.74, 6) is 1.32. The minimum atomic E-state index is 0.282. The van der Waals surface area contributed by atoms with E-state index in [1.807, 2.05) is 0 Å². The van der Waals surface area contributed by atoms with E-state index in [2.05, 4.69) is 148 Å². The first-order valence-electron chi connectivity index (χ1n) is 17.1. The Morgan fingerprint density at radius 2 is 1.43 bits per heavy atom. The summed E-state index contributed by atoms with van der Waals surface area (Å²) in [4.78, 5) is 7.97. The van der Waals surface area contributed by atoms with Gasteiger partial charge in [-0.1, -0.05) is 91.0 Å². The Balaban J connectivity index is 1.15. The number of piperazine rings is 1. The molecule has 2 aliphatic rings. The zero-order chi connectivity index (χ0) is 31.7. The second-order valence-electron chi connectivity index (χ2n) is 13.3. The molecular weight excluding hydrogens is 576 g/mol. The topological polar surface area (TPSA) is 23.9 Å². The van der Waals surface area contributed by atoms with E-state index < -0.39 is 0 Å². The molecule has 0 aliphatic carbocycles. The lowest BCUT2D eigenvalue weighted by molar-refractivity contribution is 0.118. The third kappa shape index (κ3) is 5.68. The normalized spacial score (nSPS) is 18.9. The van der Waals surface area contributed by atoms with E-state index in [1.54, 1.807) is 7.11 Å². The van der Waals surface area contributed by atoms with Crippen molar-refractivity contribution in [2.75, 3.05) is 51.3 Å². The van der Waals surface area contributed by atoms with Crippen LogP contribution in [0.3, 0.4) is 0 Å². The predicted octanol–water partition coefficient (Wildman–Crippen LogP) is 8.05. The van der Waals surface area contributed by atoms with E-state index in [0.717, 1.165) is 58.0 Å². The zero-order valence-electron chi connectivity index (χ0n) is 27.6. The number of aryl methyl sites for hydroxylation is 1. The molecule has 8 rings (SSSR count). The molecule has 3 heterocycles. The largest absolute Gasteiger partial charge is 0.495 e. The molecule has 6 aromatic rings. The number of anilines is 1. The molecule has 1 aromatic heterocycles. The van der Waals surface area contributed by atoms with Gasteiger partial charge in [-0.25, -0.2) is 0 Å². The average molecular weight is 621 g/mol. The highest BCUT2D eigenvalue weighted by atomic mass is 16.5. The summed E-state index contributed by atoms with van der Waals surface area (Å²) in [6.07, 6.45) is 1.04. The highest BCUT2D eigenvalue weighted by Crippen LogP contribution is 2.45. The van der Waals surface area contributed by atoms with Crippen molar-refractivity contribution >= 4 is 27.5 Å². The number of ether oxygens (including phenoxy) is 1. The first kappa shape index (κ1) is 29.8. The van der Waals surface area contributed by atoms with E-state index >= 15 is 0 Å². The highest BCUT2D eigenvalue weighted by Gasteiger charge is 2.37. The second kappa shape index (κ2) is 12.9. The standard InChI is InChI=1S/C42H44N4O/c1-43-38-17-9-8-16-35(38)36-28-32(20-21-39(36)43)42-37(30-44-24-26-45(27-25-44)40-18-10-11-19-41(40)47-2)34-15-7-6-14-33(34)29-46(42)23-22-31-12-4-3-5-13-31/h3-21,28,37,42H,22-27,29-30H2,1-2H3/t37-,42+/m0/s1. The van der Waals surface area contributed by atoms with Crippen molar-refractivity contribution in [1.82, 2.24) is 14.4 Å². The maximum absolute atomic E-state index is 5.71. The van der Waals surface area contributed by atoms with Crippen molar-refractivity contribution in [3.63, 3.8) is 0 Å². The Kier molecular flexibility index (Phi) is 8.18. The lowest BCUT2D eigenvalue weighted by Gasteiger charge is -2.46. The Labute approximate surface area is 278 Å². The van der Waals surface area contributed by atoms with Gasteiger partial charge in [-0.2, -0.15) is 0 Å². The monoisotopic (exact) mass is 620 g/mol. The molecule has 5 heteroatoms. The summed E-state index contributed by atoms with van der Waals surface area (Å²) in [5.41, 5.74) is 9.60. The van der Waals surface area contributed by atoms with Gasteiger partial charge in [0.15, 0.2) is 0 Å². The van der Waals surface area contributed by atoms with Crippen LogP contribution in [0.4, 0.5) is 5.69 Å². The second-order valence-corrected chi connectivity index (χ2v) is 13.3. The Morgan fingerprint density at radius 1 is 0.702 bits per heavy atom. The molecule has 2 atom stereocenters. The fourth-order valence-corrected chi connectivity index (χ4v) is 8.27. The third-order valence-corrected chi connectivity index (χ3v) is 10.7. The van der Waals surface area contributed by atoms with Gasteiger partial charge >= 0.3 is 0 Å². The van der Waals surface area contributed by atoms with Crippen molar-refractivity contribution in [2.45, 2.75) is 24.9 Å². The van der Waals surface area contributed by atoms with Gasteiger partial charge in [0.05, 0.1) is 12.8 Å². The maximum Gasteiger partial charge on any atom is 0.142 e. The maximum atomic E-state index is 5.71. The van der Waals surface area contributed by atoms with E-state index in [4.69, 9.17) is 4.74 Å². The minimum absolute atomic E-state index is 0.282. The van der Waals surface area contributed by atoms with Gasteiger partial charge in [0, 0.05) is 86.6 Å². The molecule has 2 aliphatic heterocycles. The molecule has 0 amide bonds. The first-order valence-corrected chi connectivity index (χ1v) is 17.1. The van der Waals surface area contributed by atoms with Gasteiger partial charge in [0.25, 0.3) is 0 Å². The molecule has 47 heavy (non-hydrogen) atoms. The number of aromatic nitrogens is 1. The molecule has 0 bridgehead atoms. The Morgan fingerprint density at radius 3 is 2.28 bits per heavy atom. The fourth-order valence-electron chi connectivity index (χ4n) is 8.27. The summed E-state index contributed by atoms with van der Waals surface area (Å²) < 4.78 is 8.06. The molecule has 238 valence electrons. The third-order valence-electron chi connectivity index (χ3n) is 10.7. The highest BCUT2D eigenvalue weighted by molar-refractivity contribution is 6.08. The molecule has 0 unspecified atom stereocenters. The van der Waals surface area contributed by atoms with Gasteiger partial charge < -0.3 is 14.2 Å². The SMILES string of the molecule is COc1ccccc1N1CCN(C[C@H]2c3ccccc3CN(CCc3ccccc3)[C@@H]2c2ccc3c(c2)c2ccccc2n3C)CC1. The van der Waals surface area contributed by atoms with Crippen LogP contribution in [0.25, 0.3) is 21.8 Å². The number of para-hydroxylation sites is 3.